The number of aliphatic hydroxyl groups excluding tert-OH is 2. The van der Waals surface area contributed by atoms with Gasteiger partial charge in [0, 0.05) is 43.1 Å². The van der Waals surface area contributed by atoms with Crippen molar-refractivity contribution in [2.45, 2.75) is 26.4 Å². The Morgan fingerprint density at radius 2 is 2.08 bits per heavy atom. The van der Waals surface area contributed by atoms with Crippen molar-refractivity contribution >= 4 is 30.4 Å². The zero-order valence-electron chi connectivity index (χ0n) is 14.9. The molecule has 0 unspecified atom stereocenters. The van der Waals surface area contributed by atoms with Gasteiger partial charge in [-0.2, -0.15) is 12.6 Å². The molecule has 1 heterocycles. The lowest BCUT2D eigenvalue weighted by Gasteiger charge is -2.31. The van der Waals surface area contributed by atoms with E-state index in [9.17, 15) is 24.6 Å². The molecule has 3 amide bonds. The van der Waals surface area contributed by atoms with Crippen molar-refractivity contribution in [3.05, 3.63) is 30.1 Å². The van der Waals surface area contributed by atoms with Gasteiger partial charge < -0.3 is 15.5 Å². The quantitative estimate of drug-likeness (QED) is 0.441. The first-order valence-corrected chi connectivity index (χ1v) is 8.80. The molecule has 3 N–H and O–H groups in total. The lowest BCUT2D eigenvalue weighted by molar-refractivity contribution is -0.145. The van der Waals surface area contributed by atoms with Crippen LogP contribution in [-0.4, -0.2) is 69.4 Å². The number of nitrogens with one attached hydrogen (secondary N) is 1. The number of aromatic nitrogens is 1. The van der Waals surface area contributed by atoms with Gasteiger partial charge in [-0.3, -0.25) is 24.3 Å². The molecule has 0 aromatic carbocycles. The second-order valence-electron chi connectivity index (χ2n) is 6.41. The molecule has 144 valence electrons. The van der Waals surface area contributed by atoms with E-state index in [1.807, 2.05) is 0 Å². The van der Waals surface area contributed by atoms with E-state index in [2.05, 4.69) is 22.9 Å². The van der Waals surface area contributed by atoms with Crippen LogP contribution >= 0.6 is 12.6 Å². The smallest absolute Gasteiger partial charge is 0.262 e. The van der Waals surface area contributed by atoms with Crippen molar-refractivity contribution in [2.24, 2.45) is 5.41 Å². The van der Waals surface area contributed by atoms with E-state index in [4.69, 9.17) is 0 Å². The number of carbonyl (C=O) groups excluding carboxylic acids is 3. The summed E-state index contributed by atoms with van der Waals surface area (Å²) in [7, 11) is 0. The standard InChI is InChI=1S/C17H25N3O5S/c1-17(2,11-21)14(23)16(25)20(8-5-13(22)19-7-9-26)15(24)12-4-3-6-18-10-12/h3-4,6,10,14,21,23,26H,5,7-9,11H2,1-2H3,(H,19,22)/t14-/m0/s1. The first kappa shape index (κ1) is 22.1. The van der Waals surface area contributed by atoms with Crippen LogP contribution < -0.4 is 5.32 Å². The van der Waals surface area contributed by atoms with Crippen LogP contribution in [0.15, 0.2) is 24.5 Å². The second kappa shape index (κ2) is 10.2. The Bertz CT molecular complexity index is 624. The molecular weight excluding hydrogens is 358 g/mol. The number of hydrogen-bond donors (Lipinski definition) is 4. The summed E-state index contributed by atoms with van der Waals surface area (Å²) in [6, 6.07) is 3.03. The Kier molecular flexibility index (Phi) is 8.70. The molecule has 1 rings (SSSR count). The lowest BCUT2D eigenvalue weighted by Crippen LogP contribution is -2.50. The number of pyridine rings is 1. The summed E-state index contributed by atoms with van der Waals surface area (Å²) < 4.78 is 0. The molecule has 1 atom stereocenters. The van der Waals surface area contributed by atoms with Crippen LogP contribution in [0.1, 0.15) is 30.6 Å². The minimum atomic E-state index is -1.60. The van der Waals surface area contributed by atoms with Crippen molar-refractivity contribution in [2.75, 3.05) is 25.4 Å². The molecular formula is C17H25N3O5S. The normalized spacial score (nSPS) is 12.3. The highest BCUT2D eigenvalue weighted by atomic mass is 32.1. The minimum absolute atomic E-state index is 0.113. The Hall–Kier alpha value is -1.97. The zero-order valence-corrected chi connectivity index (χ0v) is 15.8. The molecule has 0 aliphatic carbocycles. The maximum absolute atomic E-state index is 12.7. The summed E-state index contributed by atoms with van der Waals surface area (Å²) in [6.07, 6.45) is 1.07. The Morgan fingerprint density at radius 3 is 2.62 bits per heavy atom. The van der Waals surface area contributed by atoms with Crippen molar-refractivity contribution in [1.29, 1.82) is 0 Å². The number of rotatable bonds is 9. The average molecular weight is 383 g/mol. The van der Waals surface area contributed by atoms with Gasteiger partial charge in [0.1, 0.15) is 6.10 Å². The molecule has 8 nitrogen and oxygen atoms in total. The van der Waals surface area contributed by atoms with E-state index in [-0.39, 0.29) is 24.4 Å². The average Bonchev–Trinajstić information content (AvgIpc) is 2.65. The third-order valence-corrected chi connectivity index (χ3v) is 4.02. The topological polar surface area (TPSA) is 120 Å². The molecule has 0 aliphatic heterocycles. The molecule has 1 aromatic rings. The summed E-state index contributed by atoms with van der Waals surface area (Å²) in [5.41, 5.74) is -0.982. The first-order chi connectivity index (χ1) is 12.2. The van der Waals surface area contributed by atoms with Gasteiger partial charge in [0.05, 0.1) is 12.2 Å². The molecule has 0 aliphatic rings. The zero-order chi connectivity index (χ0) is 19.7. The third-order valence-electron chi connectivity index (χ3n) is 3.80. The molecule has 9 heteroatoms. The number of thiol groups is 1. The van der Waals surface area contributed by atoms with E-state index in [0.29, 0.717) is 12.3 Å². The minimum Gasteiger partial charge on any atom is -0.396 e. The summed E-state index contributed by atoms with van der Waals surface area (Å²) >= 11 is 3.99. The van der Waals surface area contributed by atoms with E-state index in [0.717, 1.165) is 4.90 Å². The molecule has 0 saturated carbocycles. The van der Waals surface area contributed by atoms with Crippen molar-refractivity contribution in [3.63, 3.8) is 0 Å². The van der Waals surface area contributed by atoms with Crippen LogP contribution in [0.3, 0.4) is 0 Å². The molecule has 1 aromatic heterocycles. The maximum Gasteiger partial charge on any atom is 0.262 e. The molecule has 0 spiro atoms. The maximum atomic E-state index is 12.7. The van der Waals surface area contributed by atoms with E-state index < -0.39 is 29.9 Å². The van der Waals surface area contributed by atoms with Crippen LogP contribution in [0.25, 0.3) is 0 Å². The predicted octanol–water partition coefficient (Wildman–Crippen LogP) is -0.134. The number of aliphatic hydroxyl groups is 2. The van der Waals surface area contributed by atoms with Gasteiger partial charge in [-0.15, -0.1) is 0 Å². The van der Waals surface area contributed by atoms with Crippen LogP contribution in [0.5, 0.6) is 0 Å². The SMILES string of the molecule is CC(C)(CO)[C@@H](O)C(=O)N(CCC(=O)NCCS)C(=O)c1cccnc1. The van der Waals surface area contributed by atoms with Crippen LogP contribution in [0.2, 0.25) is 0 Å². The highest BCUT2D eigenvalue weighted by molar-refractivity contribution is 7.80. The van der Waals surface area contributed by atoms with Gasteiger partial charge in [-0.1, -0.05) is 13.8 Å². The van der Waals surface area contributed by atoms with Gasteiger partial charge in [0.25, 0.3) is 11.8 Å². The van der Waals surface area contributed by atoms with Crippen molar-refractivity contribution < 1.29 is 24.6 Å². The number of hydrogen-bond acceptors (Lipinski definition) is 7. The fourth-order valence-electron chi connectivity index (χ4n) is 2.02. The molecule has 0 fully saturated rings. The number of nitrogens with zero attached hydrogens (tertiary/aromatic N) is 2. The van der Waals surface area contributed by atoms with Crippen LogP contribution in [0, 0.1) is 5.41 Å². The van der Waals surface area contributed by atoms with Crippen molar-refractivity contribution in [3.8, 4) is 0 Å². The van der Waals surface area contributed by atoms with E-state index >= 15 is 0 Å². The highest BCUT2D eigenvalue weighted by Gasteiger charge is 2.38. The van der Waals surface area contributed by atoms with Gasteiger partial charge in [0.15, 0.2) is 0 Å². The number of imide groups is 1. The van der Waals surface area contributed by atoms with Gasteiger partial charge in [-0.05, 0) is 12.1 Å². The van der Waals surface area contributed by atoms with Crippen LogP contribution in [-0.2, 0) is 9.59 Å². The van der Waals surface area contributed by atoms with E-state index in [1.54, 1.807) is 6.07 Å². The second-order valence-corrected chi connectivity index (χ2v) is 6.86. The molecule has 0 radical (unpaired) electrons. The lowest BCUT2D eigenvalue weighted by atomic mass is 9.86. The Morgan fingerprint density at radius 1 is 1.38 bits per heavy atom. The third kappa shape index (κ3) is 6.08. The van der Waals surface area contributed by atoms with Crippen molar-refractivity contribution in [1.82, 2.24) is 15.2 Å². The first-order valence-electron chi connectivity index (χ1n) is 8.16. The van der Waals surface area contributed by atoms with Gasteiger partial charge >= 0.3 is 0 Å². The van der Waals surface area contributed by atoms with E-state index in [1.165, 1.54) is 32.3 Å². The fourth-order valence-corrected chi connectivity index (χ4v) is 2.13. The Balaban J connectivity index is 2.99. The number of amides is 3. The summed E-state index contributed by atoms with van der Waals surface area (Å²) in [5.74, 6) is -1.42. The number of carbonyl (C=O) groups is 3. The highest BCUT2D eigenvalue weighted by Crippen LogP contribution is 2.22. The summed E-state index contributed by atoms with van der Waals surface area (Å²) in [5, 5.41) is 22.3. The fraction of sp³-hybridized carbons (Fsp3) is 0.529. The summed E-state index contributed by atoms with van der Waals surface area (Å²) in [6.45, 7) is 2.72. The molecule has 26 heavy (non-hydrogen) atoms. The predicted molar refractivity (Wildman–Crippen MR) is 98.6 cm³/mol. The van der Waals surface area contributed by atoms with Gasteiger partial charge in [0.2, 0.25) is 5.91 Å². The summed E-state index contributed by atoms with van der Waals surface area (Å²) in [4.78, 5) is 41.8. The Labute approximate surface area is 158 Å². The molecule has 0 saturated heterocycles. The van der Waals surface area contributed by atoms with Gasteiger partial charge in [-0.25, -0.2) is 0 Å². The van der Waals surface area contributed by atoms with Crippen LogP contribution in [0.4, 0.5) is 0 Å². The largest absolute Gasteiger partial charge is 0.396 e. The molecule has 0 bridgehead atoms. The monoisotopic (exact) mass is 383 g/mol.